The van der Waals surface area contributed by atoms with Gasteiger partial charge in [-0.25, -0.2) is 12.8 Å². The molecule has 2 aromatic rings. The van der Waals surface area contributed by atoms with E-state index in [0.29, 0.717) is 23.1 Å². The maximum atomic E-state index is 14.1. The molecule has 0 heterocycles. The molecule has 5 nitrogen and oxygen atoms in total. The number of sulfonamides is 1. The van der Waals surface area contributed by atoms with Gasteiger partial charge in [0.1, 0.15) is 11.9 Å². The fourth-order valence-electron chi connectivity index (χ4n) is 2.60. The summed E-state index contributed by atoms with van der Waals surface area (Å²) in [7, 11) is -3.85. The van der Waals surface area contributed by atoms with Gasteiger partial charge in [-0.15, -0.1) is 0 Å². The van der Waals surface area contributed by atoms with Crippen LogP contribution in [-0.4, -0.2) is 38.9 Å². The fourth-order valence-corrected chi connectivity index (χ4v) is 4.92. The maximum Gasteiger partial charge on any atom is 0.243 e. The summed E-state index contributed by atoms with van der Waals surface area (Å²) in [6, 6.07) is 11.9. The quantitative estimate of drug-likeness (QED) is 0.599. The Balaban J connectivity index is 1.93. The van der Waals surface area contributed by atoms with Gasteiger partial charge in [0.25, 0.3) is 0 Å². The van der Waals surface area contributed by atoms with Gasteiger partial charge in [-0.2, -0.15) is 11.8 Å². The van der Waals surface area contributed by atoms with E-state index in [2.05, 4.69) is 5.32 Å². The molecule has 0 aromatic heterocycles. The summed E-state index contributed by atoms with van der Waals surface area (Å²) in [5.74, 6) is 0.132. The Bertz CT molecular complexity index is 925. The Morgan fingerprint density at radius 1 is 1.21 bits per heavy atom. The Hall–Kier alpha value is -1.77. The van der Waals surface area contributed by atoms with Gasteiger partial charge in [0.15, 0.2) is 0 Å². The van der Waals surface area contributed by atoms with Crippen molar-refractivity contribution in [2.75, 3.05) is 22.9 Å². The number of nitrogens with one attached hydrogen (secondary N) is 1. The Morgan fingerprint density at radius 3 is 2.50 bits per heavy atom. The first kappa shape index (κ1) is 22.5. The Labute approximate surface area is 174 Å². The van der Waals surface area contributed by atoms with E-state index in [9.17, 15) is 17.6 Å². The highest BCUT2D eigenvalue weighted by molar-refractivity contribution is 7.98. The van der Waals surface area contributed by atoms with E-state index >= 15 is 0 Å². The molecule has 2 aromatic carbocycles. The number of carbonyl (C=O) groups is 1. The highest BCUT2D eigenvalue weighted by Crippen LogP contribution is 2.24. The highest BCUT2D eigenvalue weighted by atomic mass is 35.5. The Kier molecular flexibility index (Phi) is 8.15. The average molecular weight is 445 g/mol. The van der Waals surface area contributed by atoms with Crippen LogP contribution in [0, 0.1) is 5.82 Å². The molecule has 0 aliphatic rings. The van der Waals surface area contributed by atoms with Crippen LogP contribution in [0.5, 0.6) is 0 Å². The Morgan fingerprint density at radius 2 is 1.86 bits per heavy atom. The van der Waals surface area contributed by atoms with E-state index in [1.165, 1.54) is 25.1 Å². The van der Waals surface area contributed by atoms with Crippen molar-refractivity contribution in [3.63, 3.8) is 0 Å². The lowest BCUT2D eigenvalue weighted by atomic mass is 10.2. The monoisotopic (exact) mass is 444 g/mol. The summed E-state index contributed by atoms with van der Waals surface area (Å²) >= 11 is 7.70. The topological polar surface area (TPSA) is 66.5 Å². The number of rotatable bonds is 9. The zero-order valence-corrected chi connectivity index (χ0v) is 18.0. The minimum Gasteiger partial charge on any atom is -0.353 e. The molecule has 0 spiro atoms. The molecule has 0 unspecified atom stereocenters. The third-order valence-corrected chi connectivity index (χ3v) is 6.54. The van der Waals surface area contributed by atoms with Crippen LogP contribution < -0.4 is 9.62 Å². The highest BCUT2D eigenvalue weighted by Gasteiger charge is 2.30. The third kappa shape index (κ3) is 6.12. The van der Waals surface area contributed by atoms with Crippen LogP contribution in [0.2, 0.25) is 5.02 Å². The van der Waals surface area contributed by atoms with Crippen molar-refractivity contribution in [2.24, 2.45) is 0 Å². The van der Waals surface area contributed by atoms with Crippen molar-refractivity contribution >= 4 is 45.0 Å². The maximum absolute atomic E-state index is 14.1. The number of anilines is 1. The molecule has 0 aliphatic carbocycles. The van der Waals surface area contributed by atoms with Crippen LogP contribution in [0.3, 0.4) is 0 Å². The molecule has 0 saturated carbocycles. The summed E-state index contributed by atoms with van der Waals surface area (Å²) < 4.78 is 39.2. The minimum absolute atomic E-state index is 0.152. The van der Waals surface area contributed by atoms with E-state index in [1.807, 2.05) is 24.3 Å². The fraction of sp³-hybridized carbons (Fsp3) is 0.316. The van der Waals surface area contributed by atoms with Gasteiger partial charge in [-0.3, -0.25) is 9.10 Å². The minimum atomic E-state index is -3.85. The smallest absolute Gasteiger partial charge is 0.243 e. The predicted octanol–water partition coefficient (Wildman–Crippen LogP) is 3.68. The number of hydrogen-bond donors (Lipinski definition) is 1. The molecule has 0 bridgehead atoms. The van der Waals surface area contributed by atoms with Gasteiger partial charge >= 0.3 is 0 Å². The number of hydrogen-bond acceptors (Lipinski definition) is 4. The number of amides is 1. The van der Waals surface area contributed by atoms with E-state index in [-0.39, 0.29) is 5.69 Å². The van der Waals surface area contributed by atoms with Crippen LogP contribution in [0.4, 0.5) is 10.1 Å². The van der Waals surface area contributed by atoms with Crippen molar-refractivity contribution in [1.82, 2.24) is 5.32 Å². The van der Waals surface area contributed by atoms with E-state index in [0.717, 1.165) is 22.2 Å². The largest absolute Gasteiger partial charge is 0.353 e. The summed E-state index contributed by atoms with van der Waals surface area (Å²) in [5, 5.41) is 3.40. The molecule has 1 atom stereocenters. The van der Waals surface area contributed by atoms with Gasteiger partial charge in [0, 0.05) is 23.1 Å². The summed E-state index contributed by atoms with van der Waals surface area (Å²) in [6.45, 7) is 1.78. The van der Waals surface area contributed by atoms with Crippen LogP contribution >= 0.6 is 23.4 Å². The normalized spacial score (nSPS) is 12.4. The summed E-state index contributed by atoms with van der Waals surface area (Å²) in [6.07, 6.45) is 0.947. The van der Waals surface area contributed by atoms with Gasteiger partial charge in [-0.05, 0) is 30.7 Å². The van der Waals surface area contributed by atoms with Gasteiger partial charge in [0.2, 0.25) is 15.9 Å². The molecule has 0 fully saturated rings. The van der Waals surface area contributed by atoms with E-state index < -0.39 is 27.8 Å². The third-order valence-electron chi connectivity index (χ3n) is 3.94. The van der Waals surface area contributed by atoms with Crippen molar-refractivity contribution in [3.05, 3.63) is 64.9 Å². The van der Waals surface area contributed by atoms with Crippen molar-refractivity contribution in [3.8, 4) is 0 Å². The van der Waals surface area contributed by atoms with Crippen LogP contribution in [0.1, 0.15) is 12.5 Å². The van der Waals surface area contributed by atoms with Gasteiger partial charge in [0.05, 0.1) is 11.9 Å². The second kappa shape index (κ2) is 10.1. The molecule has 28 heavy (non-hydrogen) atoms. The average Bonchev–Trinajstić information content (AvgIpc) is 2.63. The number of halogens is 2. The van der Waals surface area contributed by atoms with Crippen molar-refractivity contribution < 1.29 is 17.6 Å². The number of carbonyl (C=O) groups excluding carboxylic acids is 1. The number of para-hydroxylation sites is 1. The molecule has 0 radical (unpaired) electrons. The SMILES string of the molecule is C[C@H](C(=O)NCCSCc1ccccc1Cl)N(c1ccccc1F)S(C)(=O)=O. The van der Waals surface area contributed by atoms with Gasteiger partial charge < -0.3 is 5.32 Å². The predicted molar refractivity (Wildman–Crippen MR) is 114 cm³/mol. The standard InChI is InChI=1S/C19H22ClFN2O3S2/c1-14(23(28(2,25)26)18-10-6-5-9-17(18)21)19(24)22-11-12-27-13-15-7-3-4-8-16(15)20/h3-10,14H,11-13H2,1-2H3,(H,22,24)/t14-/m1/s1. The second-order valence-corrected chi connectivity index (χ2v) is 9.49. The lowest BCUT2D eigenvalue weighted by molar-refractivity contribution is -0.121. The molecule has 2 rings (SSSR count). The lowest BCUT2D eigenvalue weighted by Gasteiger charge is -2.28. The number of thioether (sulfide) groups is 1. The first-order valence-corrected chi connectivity index (χ1v) is 11.9. The molecule has 9 heteroatoms. The molecular formula is C19H22ClFN2O3S2. The lowest BCUT2D eigenvalue weighted by Crippen LogP contribution is -2.48. The molecule has 0 aliphatic heterocycles. The first-order valence-electron chi connectivity index (χ1n) is 8.54. The van der Waals surface area contributed by atoms with Crippen molar-refractivity contribution in [2.45, 2.75) is 18.7 Å². The number of nitrogens with zero attached hydrogens (tertiary/aromatic N) is 1. The zero-order chi connectivity index (χ0) is 20.7. The summed E-state index contributed by atoms with van der Waals surface area (Å²) in [4.78, 5) is 12.4. The van der Waals surface area contributed by atoms with E-state index in [4.69, 9.17) is 11.6 Å². The second-order valence-electron chi connectivity index (χ2n) is 6.12. The molecule has 1 amide bonds. The number of benzene rings is 2. The van der Waals surface area contributed by atoms with Gasteiger partial charge in [-0.1, -0.05) is 41.9 Å². The molecule has 1 N–H and O–H groups in total. The van der Waals surface area contributed by atoms with Crippen LogP contribution in [0.25, 0.3) is 0 Å². The van der Waals surface area contributed by atoms with Crippen molar-refractivity contribution in [1.29, 1.82) is 0 Å². The zero-order valence-electron chi connectivity index (χ0n) is 15.6. The first-order chi connectivity index (χ1) is 13.2. The van der Waals surface area contributed by atoms with Crippen LogP contribution in [0.15, 0.2) is 48.5 Å². The van der Waals surface area contributed by atoms with E-state index in [1.54, 1.807) is 11.8 Å². The molecular weight excluding hydrogens is 423 g/mol. The summed E-state index contributed by atoms with van der Waals surface area (Å²) in [5.41, 5.74) is 0.859. The molecule has 0 saturated heterocycles. The van der Waals surface area contributed by atoms with Crippen LogP contribution in [-0.2, 0) is 20.6 Å². The molecule has 152 valence electrons.